The predicted octanol–water partition coefficient (Wildman–Crippen LogP) is 2.23. The molecule has 0 amide bonds. The fourth-order valence-corrected chi connectivity index (χ4v) is 1.15. The van der Waals surface area contributed by atoms with Crippen LogP contribution in [0.1, 0.15) is 5.56 Å². The highest BCUT2D eigenvalue weighted by molar-refractivity contribution is 14.0. The van der Waals surface area contributed by atoms with Gasteiger partial charge in [-0.1, -0.05) is 12.1 Å². The lowest BCUT2D eigenvalue weighted by atomic mass is 10.3. The number of nitrogens with zero attached hydrogens (tertiary/aromatic N) is 2. The largest absolute Gasteiger partial charge is 0.468 e. The standard InChI is InChI=1S/C12H15F3N4O.HI/c1-2-5-17-11(16)19-7-9-3-4-10(18-6-9)20-8-12(13,14)15;/h2-4,6H,1,5,7-8H2,(H3,16,17,19);1H. The zero-order valence-corrected chi connectivity index (χ0v) is 13.4. The van der Waals surface area contributed by atoms with E-state index in [0.29, 0.717) is 12.1 Å². The number of nitrogens with one attached hydrogen (secondary N) is 1. The highest BCUT2D eigenvalue weighted by atomic mass is 127. The molecular weight excluding hydrogens is 400 g/mol. The van der Waals surface area contributed by atoms with E-state index in [9.17, 15) is 13.2 Å². The maximum atomic E-state index is 11.9. The van der Waals surface area contributed by atoms with Crippen LogP contribution < -0.4 is 15.8 Å². The molecule has 9 heteroatoms. The Bertz CT molecular complexity index is 463. The van der Waals surface area contributed by atoms with Gasteiger partial charge in [0.05, 0.1) is 6.54 Å². The average Bonchev–Trinajstić information content (AvgIpc) is 2.41. The lowest BCUT2D eigenvalue weighted by Crippen LogP contribution is -2.31. The van der Waals surface area contributed by atoms with E-state index < -0.39 is 12.8 Å². The van der Waals surface area contributed by atoms with Crippen molar-refractivity contribution in [3.8, 4) is 5.88 Å². The number of aromatic nitrogens is 1. The molecule has 0 spiro atoms. The molecule has 5 nitrogen and oxygen atoms in total. The van der Waals surface area contributed by atoms with Gasteiger partial charge in [-0.05, 0) is 5.56 Å². The average molecular weight is 416 g/mol. The second-order valence-electron chi connectivity index (χ2n) is 3.78. The molecule has 0 aliphatic heterocycles. The van der Waals surface area contributed by atoms with Crippen LogP contribution in [0, 0.1) is 0 Å². The van der Waals surface area contributed by atoms with Crippen molar-refractivity contribution in [2.75, 3.05) is 13.2 Å². The van der Waals surface area contributed by atoms with Gasteiger partial charge in [-0.15, -0.1) is 30.6 Å². The quantitative estimate of drug-likeness (QED) is 0.323. The third kappa shape index (κ3) is 9.10. The highest BCUT2D eigenvalue weighted by Gasteiger charge is 2.28. The summed E-state index contributed by atoms with van der Waals surface area (Å²) in [6.07, 6.45) is -1.36. The fourth-order valence-electron chi connectivity index (χ4n) is 1.15. The van der Waals surface area contributed by atoms with Gasteiger partial charge in [-0.25, -0.2) is 9.98 Å². The van der Waals surface area contributed by atoms with Gasteiger partial charge in [0.2, 0.25) is 5.88 Å². The maximum Gasteiger partial charge on any atom is 0.422 e. The molecule has 0 aliphatic carbocycles. The molecule has 0 radical (unpaired) electrons. The van der Waals surface area contributed by atoms with Gasteiger partial charge in [0, 0.05) is 18.8 Å². The third-order valence-corrected chi connectivity index (χ3v) is 2.04. The van der Waals surface area contributed by atoms with E-state index in [1.54, 1.807) is 12.1 Å². The molecule has 1 aromatic heterocycles. The Morgan fingerprint density at radius 3 is 2.71 bits per heavy atom. The van der Waals surface area contributed by atoms with Crippen molar-refractivity contribution in [2.24, 2.45) is 10.7 Å². The molecule has 21 heavy (non-hydrogen) atoms. The Hall–Kier alpha value is -1.52. The molecule has 0 fully saturated rings. The number of hydrogen-bond acceptors (Lipinski definition) is 3. The normalized spacial score (nSPS) is 11.5. The van der Waals surface area contributed by atoms with Crippen LogP contribution >= 0.6 is 24.0 Å². The monoisotopic (exact) mass is 416 g/mol. The summed E-state index contributed by atoms with van der Waals surface area (Å²) < 4.78 is 40.3. The lowest BCUT2D eigenvalue weighted by Gasteiger charge is -2.08. The van der Waals surface area contributed by atoms with E-state index in [1.165, 1.54) is 12.3 Å². The summed E-state index contributed by atoms with van der Waals surface area (Å²) in [5.41, 5.74) is 6.26. The van der Waals surface area contributed by atoms with Gasteiger partial charge in [0.25, 0.3) is 0 Å². The minimum Gasteiger partial charge on any atom is -0.468 e. The van der Waals surface area contributed by atoms with E-state index in [1.807, 2.05) is 0 Å². The fraction of sp³-hybridized carbons (Fsp3) is 0.333. The first-order chi connectivity index (χ1) is 9.40. The molecule has 0 bridgehead atoms. The molecule has 1 heterocycles. The van der Waals surface area contributed by atoms with Crippen molar-refractivity contribution in [3.05, 3.63) is 36.5 Å². The van der Waals surface area contributed by atoms with Crippen LogP contribution in [0.25, 0.3) is 0 Å². The Balaban J connectivity index is 0.00000400. The maximum absolute atomic E-state index is 11.9. The van der Waals surface area contributed by atoms with E-state index in [2.05, 4.69) is 26.6 Å². The van der Waals surface area contributed by atoms with Crippen LogP contribution in [0.4, 0.5) is 13.2 Å². The van der Waals surface area contributed by atoms with Crippen LogP contribution in [0.5, 0.6) is 5.88 Å². The summed E-state index contributed by atoms with van der Waals surface area (Å²) in [6.45, 7) is 2.92. The SMILES string of the molecule is C=CCNC(N)=NCc1ccc(OCC(F)(F)F)nc1.I. The minimum atomic E-state index is -4.38. The van der Waals surface area contributed by atoms with Crippen molar-refractivity contribution in [1.29, 1.82) is 0 Å². The number of guanidine groups is 1. The third-order valence-electron chi connectivity index (χ3n) is 2.04. The molecule has 118 valence electrons. The summed E-state index contributed by atoms with van der Waals surface area (Å²) in [4.78, 5) is 7.77. The summed E-state index contributed by atoms with van der Waals surface area (Å²) in [7, 11) is 0. The number of pyridine rings is 1. The number of halogens is 4. The lowest BCUT2D eigenvalue weighted by molar-refractivity contribution is -0.154. The molecule has 0 unspecified atom stereocenters. The number of aliphatic imine (C=N–C) groups is 1. The highest BCUT2D eigenvalue weighted by Crippen LogP contribution is 2.17. The molecule has 1 aromatic rings. The van der Waals surface area contributed by atoms with Gasteiger partial charge in [-0.3, -0.25) is 0 Å². The van der Waals surface area contributed by atoms with E-state index in [0.717, 1.165) is 0 Å². The van der Waals surface area contributed by atoms with Gasteiger partial charge in [-0.2, -0.15) is 13.2 Å². The number of alkyl halides is 3. The first-order valence-corrected chi connectivity index (χ1v) is 5.70. The van der Waals surface area contributed by atoms with Gasteiger partial charge in [0.15, 0.2) is 12.6 Å². The summed E-state index contributed by atoms with van der Waals surface area (Å²) in [5.74, 6) is 0.162. The Kier molecular flexibility index (Phi) is 8.74. The molecule has 0 saturated carbocycles. The van der Waals surface area contributed by atoms with Crippen molar-refractivity contribution < 1.29 is 17.9 Å². The van der Waals surface area contributed by atoms with Crippen molar-refractivity contribution in [3.63, 3.8) is 0 Å². The molecule has 0 aromatic carbocycles. The Morgan fingerprint density at radius 2 is 2.19 bits per heavy atom. The van der Waals surface area contributed by atoms with E-state index in [-0.39, 0.29) is 42.4 Å². The second kappa shape index (κ2) is 9.42. The van der Waals surface area contributed by atoms with Crippen molar-refractivity contribution >= 4 is 29.9 Å². The summed E-state index contributed by atoms with van der Waals surface area (Å²) >= 11 is 0. The van der Waals surface area contributed by atoms with E-state index in [4.69, 9.17) is 5.73 Å². The summed E-state index contributed by atoms with van der Waals surface area (Å²) in [6, 6.07) is 2.92. The topological polar surface area (TPSA) is 72.5 Å². The smallest absolute Gasteiger partial charge is 0.422 e. The summed E-state index contributed by atoms with van der Waals surface area (Å²) in [5, 5.41) is 2.79. The molecule has 3 N–H and O–H groups in total. The van der Waals surface area contributed by atoms with Crippen LogP contribution in [0.15, 0.2) is 36.0 Å². The number of rotatable bonds is 6. The predicted molar refractivity (Wildman–Crippen MR) is 84.7 cm³/mol. The van der Waals surface area contributed by atoms with Crippen LogP contribution in [-0.2, 0) is 6.54 Å². The van der Waals surface area contributed by atoms with Crippen LogP contribution in [-0.4, -0.2) is 30.3 Å². The Labute approximate surface area is 137 Å². The molecule has 1 rings (SSSR count). The van der Waals surface area contributed by atoms with Gasteiger partial charge in [0.1, 0.15) is 0 Å². The number of hydrogen-bond donors (Lipinski definition) is 2. The molecular formula is C12H16F3IN4O. The molecule has 0 saturated heterocycles. The van der Waals surface area contributed by atoms with Crippen LogP contribution in [0.3, 0.4) is 0 Å². The second-order valence-corrected chi connectivity index (χ2v) is 3.78. The number of ether oxygens (including phenoxy) is 1. The van der Waals surface area contributed by atoms with Gasteiger partial charge < -0.3 is 15.8 Å². The van der Waals surface area contributed by atoms with E-state index >= 15 is 0 Å². The zero-order chi connectivity index (χ0) is 15.0. The molecule has 0 aliphatic rings. The van der Waals surface area contributed by atoms with Crippen molar-refractivity contribution in [2.45, 2.75) is 12.7 Å². The Morgan fingerprint density at radius 1 is 1.48 bits per heavy atom. The number of nitrogens with two attached hydrogens (primary N) is 1. The van der Waals surface area contributed by atoms with Gasteiger partial charge >= 0.3 is 6.18 Å². The first kappa shape index (κ1) is 19.5. The minimum absolute atomic E-state index is 0. The van der Waals surface area contributed by atoms with Crippen molar-refractivity contribution in [1.82, 2.24) is 10.3 Å². The van der Waals surface area contributed by atoms with Crippen LogP contribution in [0.2, 0.25) is 0 Å². The molecule has 0 atom stereocenters. The first-order valence-electron chi connectivity index (χ1n) is 5.70. The zero-order valence-electron chi connectivity index (χ0n) is 11.1.